The van der Waals surface area contributed by atoms with Gasteiger partial charge in [0.05, 0.1) is 0 Å². The number of likely N-dealkylation sites (tertiary alicyclic amines) is 1. The lowest BCUT2D eigenvalue weighted by molar-refractivity contribution is -0.121. The van der Waals surface area contributed by atoms with E-state index >= 15 is 0 Å². The molecule has 0 saturated carbocycles. The Hall–Kier alpha value is -2.11. The summed E-state index contributed by atoms with van der Waals surface area (Å²) in [5, 5.41) is 5.73. The summed E-state index contributed by atoms with van der Waals surface area (Å²) in [4.78, 5) is 25.7. The zero-order chi connectivity index (χ0) is 19.1. The van der Waals surface area contributed by atoms with Gasteiger partial charge in [-0.05, 0) is 55.7 Å². The van der Waals surface area contributed by atoms with Crippen LogP contribution in [-0.2, 0) is 4.79 Å². The van der Waals surface area contributed by atoms with Gasteiger partial charge >= 0.3 is 6.03 Å². The molecule has 2 rings (SSSR count). The van der Waals surface area contributed by atoms with Crippen molar-refractivity contribution in [1.29, 1.82) is 0 Å². The van der Waals surface area contributed by atoms with E-state index in [0.717, 1.165) is 19.3 Å². The standard InChI is InChI=1S/C20H30FN3O2/c1-14(2)12-19(25)22-9-6-16-7-10-24(11-8-16)20(26)23-17-5-4-15(3)18(21)13-17/h4-5,13-14,16H,6-12H2,1-3H3,(H,22,25)(H,23,26). The van der Waals surface area contributed by atoms with Crippen LogP contribution in [0.3, 0.4) is 0 Å². The molecule has 1 aliphatic heterocycles. The first kappa shape index (κ1) is 20.2. The lowest BCUT2D eigenvalue weighted by atomic mass is 9.93. The minimum absolute atomic E-state index is 0.113. The molecule has 3 amide bonds. The van der Waals surface area contributed by atoms with Crippen molar-refractivity contribution in [2.45, 2.75) is 46.5 Å². The number of hydrogen-bond acceptors (Lipinski definition) is 2. The van der Waals surface area contributed by atoms with Gasteiger partial charge in [0, 0.05) is 31.7 Å². The number of urea groups is 1. The van der Waals surface area contributed by atoms with Gasteiger partial charge in [-0.3, -0.25) is 4.79 Å². The molecule has 2 N–H and O–H groups in total. The van der Waals surface area contributed by atoms with Crippen LogP contribution in [-0.4, -0.2) is 36.5 Å². The highest BCUT2D eigenvalue weighted by atomic mass is 19.1. The zero-order valence-corrected chi connectivity index (χ0v) is 16.0. The van der Waals surface area contributed by atoms with Gasteiger partial charge in [-0.1, -0.05) is 19.9 Å². The first-order chi connectivity index (χ1) is 12.3. The van der Waals surface area contributed by atoms with Crippen LogP contribution in [0.15, 0.2) is 18.2 Å². The SMILES string of the molecule is Cc1ccc(NC(=O)N2CCC(CCNC(=O)CC(C)C)CC2)cc1F. The number of nitrogens with one attached hydrogen (secondary N) is 2. The topological polar surface area (TPSA) is 61.4 Å². The van der Waals surface area contributed by atoms with Crippen LogP contribution in [0.4, 0.5) is 14.9 Å². The number of benzene rings is 1. The van der Waals surface area contributed by atoms with E-state index in [-0.39, 0.29) is 17.8 Å². The average molecular weight is 363 g/mol. The number of hydrogen-bond donors (Lipinski definition) is 2. The van der Waals surface area contributed by atoms with Crippen molar-refractivity contribution in [3.8, 4) is 0 Å². The molecular formula is C20H30FN3O2. The Morgan fingerprint density at radius 2 is 1.96 bits per heavy atom. The van der Waals surface area contributed by atoms with Crippen LogP contribution in [0.1, 0.15) is 45.1 Å². The van der Waals surface area contributed by atoms with Crippen LogP contribution in [0, 0.1) is 24.6 Å². The normalized spacial score (nSPS) is 15.2. The third kappa shape index (κ3) is 6.32. The highest BCUT2D eigenvalue weighted by molar-refractivity contribution is 5.89. The highest BCUT2D eigenvalue weighted by Gasteiger charge is 2.23. The fourth-order valence-electron chi connectivity index (χ4n) is 3.16. The van der Waals surface area contributed by atoms with Gasteiger partial charge in [0.25, 0.3) is 0 Å². The quantitative estimate of drug-likeness (QED) is 0.804. The van der Waals surface area contributed by atoms with Gasteiger partial charge in [0.2, 0.25) is 5.91 Å². The first-order valence-electron chi connectivity index (χ1n) is 9.44. The van der Waals surface area contributed by atoms with E-state index in [4.69, 9.17) is 0 Å². The van der Waals surface area contributed by atoms with Crippen molar-refractivity contribution in [2.75, 3.05) is 25.0 Å². The molecule has 1 aliphatic rings. The summed E-state index contributed by atoms with van der Waals surface area (Å²) in [6.45, 7) is 7.83. The smallest absolute Gasteiger partial charge is 0.321 e. The highest BCUT2D eigenvalue weighted by Crippen LogP contribution is 2.21. The van der Waals surface area contributed by atoms with Crippen LogP contribution in [0.2, 0.25) is 0 Å². The van der Waals surface area contributed by atoms with E-state index < -0.39 is 0 Å². The molecule has 1 heterocycles. The Balaban J connectivity index is 1.69. The molecule has 0 bridgehead atoms. The van der Waals surface area contributed by atoms with Gasteiger partial charge in [-0.2, -0.15) is 0 Å². The molecule has 1 aromatic carbocycles. The maximum absolute atomic E-state index is 13.6. The molecule has 1 fully saturated rings. The maximum Gasteiger partial charge on any atom is 0.321 e. The summed E-state index contributed by atoms with van der Waals surface area (Å²) in [6.07, 6.45) is 3.37. The predicted molar refractivity (Wildman–Crippen MR) is 102 cm³/mol. The average Bonchev–Trinajstić information content (AvgIpc) is 2.58. The van der Waals surface area contributed by atoms with Crippen molar-refractivity contribution in [1.82, 2.24) is 10.2 Å². The van der Waals surface area contributed by atoms with Crippen molar-refractivity contribution in [2.24, 2.45) is 11.8 Å². The monoisotopic (exact) mass is 363 g/mol. The second-order valence-electron chi connectivity index (χ2n) is 7.56. The fraction of sp³-hybridized carbons (Fsp3) is 0.600. The number of halogens is 1. The maximum atomic E-state index is 13.6. The molecule has 0 spiro atoms. The van der Waals surface area contributed by atoms with Gasteiger partial charge in [-0.15, -0.1) is 0 Å². The number of rotatable bonds is 6. The Bertz CT molecular complexity index is 625. The number of nitrogens with zero attached hydrogens (tertiary/aromatic N) is 1. The number of amides is 3. The van der Waals surface area contributed by atoms with E-state index in [9.17, 15) is 14.0 Å². The summed E-state index contributed by atoms with van der Waals surface area (Å²) in [6, 6.07) is 4.53. The Kier molecular flexibility index (Phi) is 7.42. The van der Waals surface area contributed by atoms with Crippen LogP contribution < -0.4 is 10.6 Å². The van der Waals surface area contributed by atoms with Crippen LogP contribution >= 0.6 is 0 Å². The molecule has 0 unspecified atom stereocenters. The molecule has 0 aromatic heterocycles. The van der Waals surface area contributed by atoms with Crippen LogP contribution in [0.25, 0.3) is 0 Å². The first-order valence-corrected chi connectivity index (χ1v) is 9.44. The fourth-order valence-corrected chi connectivity index (χ4v) is 3.16. The van der Waals surface area contributed by atoms with Crippen molar-refractivity contribution in [3.63, 3.8) is 0 Å². The number of aryl methyl sites for hydroxylation is 1. The van der Waals surface area contributed by atoms with Gasteiger partial charge < -0.3 is 15.5 Å². The van der Waals surface area contributed by atoms with Crippen molar-refractivity contribution >= 4 is 17.6 Å². The third-order valence-electron chi connectivity index (χ3n) is 4.79. The third-order valence-corrected chi connectivity index (χ3v) is 4.79. The molecule has 5 nitrogen and oxygen atoms in total. The number of piperidine rings is 1. The summed E-state index contributed by atoms with van der Waals surface area (Å²) in [5.74, 6) is 0.692. The number of anilines is 1. The number of carbonyl (C=O) groups excluding carboxylic acids is 2. The van der Waals surface area contributed by atoms with Gasteiger partial charge in [-0.25, -0.2) is 9.18 Å². The lowest BCUT2D eigenvalue weighted by Gasteiger charge is -2.32. The van der Waals surface area contributed by atoms with E-state index in [1.165, 1.54) is 6.07 Å². The van der Waals surface area contributed by atoms with Crippen molar-refractivity contribution in [3.05, 3.63) is 29.6 Å². The Labute approximate surface area is 155 Å². The molecular weight excluding hydrogens is 333 g/mol. The van der Waals surface area contributed by atoms with Gasteiger partial charge in [0.1, 0.15) is 5.82 Å². The number of carbonyl (C=O) groups is 2. The second kappa shape index (κ2) is 9.55. The Morgan fingerprint density at radius 3 is 2.58 bits per heavy atom. The summed E-state index contributed by atoms with van der Waals surface area (Å²) in [5.41, 5.74) is 1.04. The van der Waals surface area contributed by atoms with E-state index in [2.05, 4.69) is 10.6 Å². The molecule has 0 aliphatic carbocycles. The molecule has 144 valence electrons. The summed E-state index contributed by atoms with van der Waals surface area (Å²) in [7, 11) is 0. The lowest BCUT2D eigenvalue weighted by Crippen LogP contribution is -2.41. The largest absolute Gasteiger partial charge is 0.356 e. The molecule has 1 aromatic rings. The minimum Gasteiger partial charge on any atom is -0.356 e. The molecule has 0 radical (unpaired) electrons. The molecule has 0 atom stereocenters. The molecule has 6 heteroatoms. The van der Waals surface area contributed by atoms with Crippen LogP contribution in [0.5, 0.6) is 0 Å². The minimum atomic E-state index is -0.318. The molecule has 1 saturated heterocycles. The Morgan fingerprint density at radius 1 is 1.27 bits per heavy atom. The second-order valence-corrected chi connectivity index (χ2v) is 7.56. The molecule has 26 heavy (non-hydrogen) atoms. The van der Waals surface area contributed by atoms with E-state index in [1.54, 1.807) is 24.0 Å². The summed E-state index contributed by atoms with van der Waals surface area (Å²) < 4.78 is 13.6. The van der Waals surface area contributed by atoms with Crippen molar-refractivity contribution < 1.29 is 14.0 Å². The van der Waals surface area contributed by atoms with E-state index in [1.807, 2.05) is 13.8 Å². The zero-order valence-electron chi connectivity index (χ0n) is 16.0. The predicted octanol–water partition coefficient (Wildman–Crippen LogP) is 3.93. The van der Waals surface area contributed by atoms with Gasteiger partial charge in [0.15, 0.2) is 0 Å². The summed E-state index contributed by atoms with van der Waals surface area (Å²) >= 11 is 0. The van der Waals surface area contributed by atoms with E-state index in [0.29, 0.717) is 49.1 Å².